The van der Waals surface area contributed by atoms with Crippen molar-refractivity contribution in [3.63, 3.8) is 0 Å². The molecule has 3 rings (SSSR count). The fourth-order valence-corrected chi connectivity index (χ4v) is 2.75. The van der Waals surface area contributed by atoms with Crippen molar-refractivity contribution in [2.45, 2.75) is 32.5 Å². The largest absolute Gasteiger partial charge is 0.444 e. The average Bonchev–Trinajstić information content (AvgIpc) is 3.11. The molecular formula is C17H20F4N6O2. The topological polar surface area (TPSA) is 76.4 Å². The summed E-state index contributed by atoms with van der Waals surface area (Å²) in [6.45, 7) is 6.53. The van der Waals surface area contributed by atoms with Gasteiger partial charge in [0.1, 0.15) is 11.3 Å². The number of carbonyl (C=O) groups excluding carboxylic acids is 1. The van der Waals surface area contributed by atoms with E-state index in [4.69, 9.17) is 4.74 Å². The van der Waals surface area contributed by atoms with Crippen LogP contribution in [-0.4, -0.2) is 62.5 Å². The fraction of sp³-hybridized carbons (Fsp3) is 0.529. The van der Waals surface area contributed by atoms with Crippen LogP contribution >= 0.6 is 0 Å². The van der Waals surface area contributed by atoms with E-state index in [1.165, 1.54) is 4.90 Å². The van der Waals surface area contributed by atoms with Gasteiger partial charge in [-0.05, 0) is 26.8 Å². The van der Waals surface area contributed by atoms with Crippen molar-refractivity contribution in [2.75, 3.05) is 31.1 Å². The third-order valence-corrected chi connectivity index (χ3v) is 4.06. The molecule has 158 valence electrons. The molecular weight excluding hydrogens is 396 g/mol. The maximum absolute atomic E-state index is 14.2. The standard InChI is InChI=1S/C17H20F4N6O2/c1-16(2,3)29-15(28)26-8-6-25(7-9-26)14-22-10-11(18)13(24-14)27-12(4-5-23-27)17(19,20)21/h4-5,10H,6-9H2,1-3H3. The van der Waals surface area contributed by atoms with E-state index in [9.17, 15) is 22.4 Å². The van der Waals surface area contributed by atoms with E-state index in [0.29, 0.717) is 30.9 Å². The Balaban J connectivity index is 1.77. The van der Waals surface area contributed by atoms with Crippen molar-refractivity contribution >= 4 is 12.0 Å². The van der Waals surface area contributed by atoms with Gasteiger partial charge in [-0.15, -0.1) is 0 Å². The Morgan fingerprint density at radius 3 is 2.38 bits per heavy atom. The second-order valence-electron chi connectivity index (χ2n) is 7.42. The number of hydrogen-bond donors (Lipinski definition) is 0. The van der Waals surface area contributed by atoms with E-state index in [0.717, 1.165) is 18.5 Å². The normalized spacial score (nSPS) is 15.6. The van der Waals surface area contributed by atoms with Crippen molar-refractivity contribution in [3.8, 4) is 5.82 Å². The zero-order valence-electron chi connectivity index (χ0n) is 16.1. The van der Waals surface area contributed by atoms with Crippen LogP contribution in [0.25, 0.3) is 5.82 Å². The van der Waals surface area contributed by atoms with Gasteiger partial charge in [0, 0.05) is 26.2 Å². The molecule has 0 N–H and O–H groups in total. The molecule has 1 fully saturated rings. The molecule has 1 aliphatic rings. The van der Waals surface area contributed by atoms with E-state index < -0.39 is 35.2 Å². The Kier molecular flexibility index (Phi) is 5.37. The van der Waals surface area contributed by atoms with Gasteiger partial charge in [-0.1, -0.05) is 0 Å². The highest BCUT2D eigenvalue weighted by molar-refractivity contribution is 5.68. The van der Waals surface area contributed by atoms with Gasteiger partial charge in [0.05, 0.1) is 12.4 Å². The molecule has 0 aliphatic carbocycles. The highest BCUT2D eigenvalue weighted by Crippen LogP contribution is 2.31. The van der Waals surface area contributed by atoms with Gasteiger partial charge in [-0.25, -0.2) is 18.9 Å². The number of anilines is 1. The van der Waals surface area contributed by atoms with Crippen LogP contribution in [0.4, 0.5) is 28.3 Å². The predicted molar refractivity (Wildman–Crippen MR) is 94.1 cm³/mol. The Bertz CT molecular complexity index is 885. The summed E-state index contributed by atoms with van der Waals surface area (Å²) < 4.78 is 59.2. The molecule has 0 bridgehead atoms. The molecule has 8 nitrogen and oxygen atoms in total. The highest BCUT2D eigenvalue weighted by atomic mass is 19.4. The lowest BCUT2D eigenvalue weighted by molar-refractivity contribution is -0.142. The second kappa shape index (κ2) is 7.48. The molecule has 0 saturated carbocycles. The monoisotopic (exact) mass is 416 g/mol. The van der Waals surface area contributed by atoms with Crippen LogP contribution < -0.4 is 4.90 Å². The molecule has 1 amide bonds. The van der Waals surface area contributed by atoms with Crippen LogP contribution in [0, 0.1) is 5.82 Å². The van der Waals surface area contributed by atoms with Gasteiger partial charge in [-0.2, -0.15) is 23.3 Å². The Labute approximate surface area is 164 Å². The van der Waals surface area contributed by atoms with Crippen LogP contribution in [0.3, 0.4) is 0 Å². The molecule has 29 heavy (non-hydrogen) atoms. The van der Waals surface area contributed by atoms with Crippen LogP contribution in [0.1, 0.15) is 26.5 Å². The van der Waals surface area contributed by atoms with Crippen LogP contribution in [0.2, 0.25) is 0 Å². The molecule has 12 heteroatoms. The zero-order chi connectivity index (χ0) is 21.4. The summed E-state index contributed by atoms with van der Waals surface area (Å²) in [5.74, 6) is -1.58. The molecule has 2 aromatic rings. The lowest BCUT2D eigenvalue weighted by Gasteiger charge is -2.35. The first-order valence-electron chi connectivity index (χ1n) is 8.83. The maximum Gasteiger partial charge on any atom is 0.433 e. The van der Waals surface area contributed by atoms with Gasteiger partial charge in [0.15, 0.2) is 11.6 Å². The number of hydrogen-bond acceptors (Lipinski definition) is 6. The smallest absolute Gasteiger partial charge is 0.433 e. The van der Waals surface area contributed by atoms with Crippen molar-refractivity contribution in [1.29, 1.82) is 0 Å². The minimum atomic E-state index is -4.72. The Morgan fingerprint density at radius 2 is 1.79 bits per heavy atom. The maximum atomic E-state index is 14.2. The van der Waals surface area contributed by atoms with E-state index in [2.05, 4.69) is 15.1 Å². The molecule has 3 heterocycles. The van der Waals surface area contributed by atoms with Gasteiger partial charge in [0.25, 0.3) is 0 Å². The minimum Gasteiger partial charge on any atom is -0.444 e. The highest BCUT2D eigenvalue weighted by Gasteiger charge is 2.36. The molecule has 2 aromatic heterocycles. The SMILES string of the molecule is CC(C)(C)OC(=O)N1CCN(c2ncc(F)c(-n3nccc3C(F)(F)F)n2)CC1. The summed E-state index contributed by atoms with van der Waals surface area (Å²) in [6, 6.07) is 0.737. The Morgan fingerprint density at radius 1 is 1.14 bits per heavy atom. The summed E-state index contributed by atoms with van der Waals surface area (Å²) in [4.78, 5) is 23.1. The zero-order valence-corrected chi connectivity index (χ0v) is 16.1. The Hall–Kier alpha value is -2.92. The summed E-state index contributed by atoms with van der Waals surface area (Å²) in [5.41, 5.74) is -1.76. The predicted octanol–water partition coefficient (Wildman–Crippen LogP) is 2.88. The first kappa shape index (κ1) is 20.8. The number of halogens is 4. The van der Waals surface area contributed by atoms with Gasteiger partial charge in [0.2, 0.25) is 5.95 Å². The van der Waals surface area contributed by atoms with Gasteiger partial charge >= 0.3 is 12.3 Å². The van der Waals surface area contributed by atoms with Gasteiger partial charge < -0.3 is 14.5 Å². The summed E-state index contributed by atoms with van der Waals surface area (Å²) in [7, 11) is 0. The number of amides is 1. The van der Waals surface area contributed by atoms with Crippen molar-refractivity contribution in [3.05, 3.63) is 30.0 Å². The molecule has 1 aliphatic heterocycles. The number of ether oxygens (including phenoxy) is 1. The van der Waals surface area contributed by atoms with E-state index in [1.807, 2.05) is 0 Å². The third-order valence-electron chi connectivity index (χ3n) is 4.06. The van der Waals surface area contributed by atoms with E-state index in [-0.39, 0.29) is 5.95 Å². The van der Waals surface area contributed by atoms with Crippen molar-refractivity contribution in [1.82, 2.24) is 24.6 Å². The van der Waals surface area contributed by atoms with E-state index >= 15 is 0 Å². The molecule has 1 saturated heterocycles. The molecule has 0 unspecified atom stereocenters. The molecule has 0 atom stereocenters. The quantitative estimate of drug-likeness (QED) is 0.701. The lowest BCUT2D eigenvalue weighted by atomic mass is 10.2. The first-order valence-corrected chi connectivity index (χ1v) is 8.83. The van der Waals surface area contributed by atoms with Crippen LogP contribution in [-0.2, 0) is 10.9 Å². The fourth-order valence-electron chi connectivity index (χ4n) is 2.75. The van der Waals surface area contributed by atoms with E-state index in [1.54, 1.807) is 25.7 Å². The van der Waals surface area contributed by atoms with Crippen LogP contribution in [0.15, 0.2) is 18.5 Å². The van der Waals surface area contributed by atoms with Gasteiger partial charge in [-0.3, -0.25) is 0 Å². The number of nitrogens with zero attached hydrogens (tertiary/aromatic N) is 6. The van der Waals surface area contributed by atoms with Crippen molar-refractivity contribution < 1.29 is 27.1 Å². The molecule has 0 spiro atoms. The second-order valence-corrected chi connectivity index (χ2v) is 7.42. The number of rotatable bonds is 2. The molecule has 0 aromatic carbocycles. The molecule has 0 radical (unpaired) electrons. The summed E-state index contributed by atoms with van der Waals surface area (Å²) in [6.07, 6.45) is -3.44. The summed E-state index contributed by atoms with van der Waals surface area (Å²) in [5, 5.41) is 3.55. The third kappa shape index (κ3) is 4.74. The lowest BCUT2D eigenvalue weighted by Crippen LogP contribution is -2.50. The number of aromatic nitrogens is 4. The number of carbonyl (C=O) groups is 1. The first-order chi connectivity index (χ1) is 13.5. The van der Waals surface area contributed by atoms with Crippen LogP contribution in [0.5, 0.6) is 0 Å². The minimum absolute atomic E-state index is 0.0499. The summed E-state index contributed by atoms with van der Waals surface area (Å²) >= 11 is 0. The average molecular weight is 416 g/mol. The number of piperazine rings is 1. The number of alkyl halides is 3. The van der Waals surface area contributed by atoms with Crippen molar-refractivity contribution in [2.24, 2.45) is 0 Å².